The predicted octanol–water partition coefficient (Wildman–Crippen LogP) is 2.79. The molecular formula is C14H18N2O2. The van der Waals surface area contributed by atoms with Gasteiger partial charge in [0.1, 0.15) is 0 Å². The van der Waals surface area contributed by atoms with Gasteiger partial charge in [-0.05, 0) is 18.9 Å². The van der Waals surface area contributed by atoms with Gasteiger partial charge in [-0.2, -0.15) is 0 Å². The minimum atomic E-state index is -0.203. The first-order chi connectivity index (χ1) is 8.59. The number of aromatic nitrogens is 1. The zero-order valence-corrected chi connectivity index (χ0v) is 10.9. The highest BCUT2D eigenvalue weighted by Crippen LogP contribution is 2.21. The van der Waals surface area contributed by atoms with Crippen LogP contribution >= 0.6 is 0 Å². The van der Waals surface area contributed by atoms with Gasteiger partial charge in [-0.1, -0.05) is 32.0 Å². The van der Waals surface area contributed by atoms with E-state index in [0.717, 1.165) is 16.6 Å². The average Bonchev–Trinajstić information content (AvgIpc) is 2.64. The summed E-state index contributed by atoms with van der Waals surface area (Å²) in [5.74, 6) is 0.181. The standard InChI is InChI=1S/C14H18N2O2/c1-9(2)8-18-16-14(17)13-10(3)15-12-7-5-4-6-11(12)13/h4-7,9,15H,8H2,1-3H3,(H,16,17). The van der Waals surface area contributed by atoms with E-state index in [2.05, 4.69) is 10.5 Å². The molecule has 2 aromatic rings. The maximum absolute atomic E-state index is 12.1. The fourth-order valence-corrected chi connectivity index (χ4v) is 1.89. The second-order valence-corrected chi connectivity index (χ2v) is 4.81. The number of hydroxylamine groups is 1. The molecule has 18 heavy (non-hydrogen) atoms. The lowest BCUT2D eigenvalue weighted by molar-refractivity contribution is 0.0209. The molecule has 2 rings (SSSR count). The Labute approximate surface area is 106 Å². The summed E-state index contributed by atoms with van der Waals surface area (Å²) >= 11 is 0. The molecule has 0 aliphatic carbocycles. The first-order valence-electron chi connectivity index (χ1n) is 6.09. The van der Waals surface area contributed by atoms with E-state index in [1.54, 1.807) is 0 Å². The molecule has 0 unspecified atom stereocenters. The Hall–Kier alpha value is -1.81. The first-order valence-corrected chi connectivity index (χ1v) is 6.09. The second kappa shape index (κ2) is 5.23. The summed E-state index contributed by atoms with van der Waals surface area (Å²) < 4.78 is 0. The lowest BCUT2D eigenvalue weighted by Gasteiger charge is -2.07. The van der Waals surface area contributed by atoms with E-state index in [1.807, 2.05) is 45.0 Å². The summed E-state index contributed by atoms with van der Waals surface area (Å²) in [6.45, 7) is 6.46. The molecular weight excluding hydrogens is 228 g/mol. The number of fused-ring (bicyclic) bond motifs is 1. The van der Waals surface area contributed by atoms with Crippen molar-refractivity contribution >= 4 is 16.8 Å². The Kier molecular flexibility index (Phi) is 3.67. The van der Waals surface area contributed by atoms with Crippen LogP contribution in [0.2, 0.25) is 0 Å². The van der Waals surface area contributed by atoms with Crippen molar-refractivity contribution in [3.05, 3.63) is 35.5 Å². The molecule has 0 aliphatic rings. The number of nitrogens with one attached hydrogen (secondary N) is 2. The summed E-state index contributed by atoms with van der Waals surface area (Å²) in [5, 5.41) is 0.917. The molecule has 0 fully saturated rings. The third-order valence-corrected chi connectivity index (χ3v) is 2.70. The number of H-pyrrole nitrogens is 1. The number of amides is 1. The quantitative estimate of drug-likeness (QED) is 0.815. The molecule has 0 atom stereocenters. The number of hydrogen-bond donors (Lipinski definition) is 2. The molecule has 1 heterocycles. The Morgan fingerprint density at radius 3 is 2.83 bits per heavy atom. The third kappa shape index (κ3) is 2.54. The topological polar surface area (TPSA) is 54.1 Å². The van der Waals surface area contributed by atoms with Crippen LogP contribution in [-0.4, -0.2) is 17.5 Å². The number of hydrogen-bond acceptors (Lipinski definition) is 2. The van der Waals surface area contributed by atoms with Gasteiger partial charge in [-0.3, -0.25) is 9.63 Å². The van der Waals surface area contributed by atoms with E-state index in [0.29, 0.717) is 18.1 Å². The van der Waals surface area contributed by atoms with Crippen molar-refractivity contribution in [1.82, 2.24) is 10.5 Å². The van der Waals surface area contributed by atoms with Crippen molar-refractivity contribution in [3.63, 3.8) is 0 Å². The van der Waals surface area contributed by atoms with Crippen LogP contribution in [0.15, 0.2) is 24.3 Å². The van der Waals surface area contributed by atoms with E-state index < -0.39 is 0 Å². The van der Waals surface area contributed by atoms with E-state index in [1.165, 1.54) is 0 Å². The monoisotopic (exact) mass is 246 g/mol. The maximum atomic E-state index is 12.1. The fourth-order valence-electron chi connectivity index (χ4n) is 1.89. The van der Waals surface area contributed by atoms with E-state index >= 15 is 0 Å². The first kappa shape index (κ1) is 12.6. The summed E-state index contributed by atoms with van der Waals surface area (Å²) in [5.41, 5.74) is 4.95. The summed E-state index contributed by atoms with van der Waals surface area (Å²) in [4.78, 5) is 20.4. The van der Waals surface area contributed by atoms with Gasteiger partial charge in [-0.25, -0.2) is 5.48 Å². The Bertz CT molecular complexity index is 558. The summed E-state index contributed by atoms with van der Waals surface area (Å²) in [6.07, 6.45) is 0. The van der Waals surface area contributed by atoms with Gasteiger partial charge >= 0.3 is 0 Å². The molecule has 96 valence electrons. The smallest absolute Gasteiger partial charge is 0.277 e. The van der Waals surface area contributed by atoms with Gasteiger partial charge in [0.2, 0.25) is 0 Å². The van der Waals surface area contributed by atoms with Crippen molar-refractivity contribution in [2.45, 2.75) is 20.8 Å². The number of rotatable bonds is 4. The van der Waals surface area contributed by atoms with Crippen molar-refractivity contribution in [2.24, 2.45) is 5.92 Å². The molecule has 0 saturated carbocycles. The molecule has 2 N–H and O–H groups in total. The molecule has 1 aromatic carbocycles. The maximum Gasteiger partial charge on any atom is 0.277 e. The minimum Gasteiger partial charge on any atom is -0.358 e. The highest BCUT2D eigenvalue weighted by Gasteiger charge is 2.15. The van der Waals surface area contributed by atoms with Gasteiger partial charge in [0.25, 0.3) is 5.91 Å². The lowest BCUT2D eigenvalue weighted by atomic mass is 10.1. The molecule has 4 heteroatoms. The van der Waals surface area contributed by atoms with Crippen LogP contribution in [0.4, 0.5) is 0 Å². The number of para-hydroxylation sites is 1. The molecule has 0 aliphatic heterocycles. The minimum absolute atomic E-state index is 0.203. The summed E-state index contributed by atoms with van der Waals surface area (Å²) in [7, 11) is 0. The Balaban J connectivity index is 2.19. The van der Waals surface area contributed by atoms with Crippen molar-refractivity contribution in [3.8, 4) is 0 Å². The second-order valence-electron chi connectivity index (χ2n) is 4.81. The number of carbonyl (C=O) groups is 1. The largest absolute Gasteiger partial charge is 0.358 e. The average molecular weight is 246 g/mol. The van der Waals surface area contributed by atoms with Gasteiger partial charge in [0, 0.05) is 16.6 Å². The van der Waals surface area contributed by atoms with E-state index in [9.17, 15) is 4.79 Å². The molecule has 0 saturated heterocycles. The Morgan fingerprint density at radius 1 is 1.39 bits per heavy atom. The van der Waals surface area contributed by atoms with Crippen LogP contribution in [0.1, 0.15) is 29.9 Å². The molecule has 0 radical (unpaired) electrons. The molecule has 1 amide bonds. The van der Waals surface area contributed by atoms with E-state index in [4.69, 9.17) is 4.84 Å². The van der Waals surface area contributed by atoms with Crippen LogP contribution in [-0.2, 0) is 4.84 Å². The number of carbonyl (C=O) groups excluding carboxylic acids is 1. The van der Waals surface area contributed by atoms with Crippen molar-refractivity contribution in [2.75, 3.05) is 6.61 Å². The van der Waals surface area contributed by atoms with Crippen LogP contribution in [0, 0.1) is 12.8 Å². The summed E-state index contributed by atoms with van der Waals surface area (Å²) in [6, 6.07) is 7.74. The molecule has 4 nitrogen and oxygen atoms in total. The molecule has 0 bridgehead atoms. The molecule has 1 aromatic heterocycles. The van der Waals surface area contributed by atoms with E-state index in [-0.39, 0.29) is 5.91 Å². The zero-order valence-electron chi connectivity index (χ0n) is 10.9. The SMILES string of the molecule is Cc1[nH]c2ccccc2c1C(=O)NOCC(C)C. The van der Waals surface area contributed by atoms with Gasteiger partial charge in [-0.15, -0.1) is 0 Å². The number of aryl methyl sites for hydroxylation is 1. The van der Waals surface area contributed by atoms with Crippen molar-refractivity contribution in [1.29, 1.82) is 0 Å². The van der Waals surface area contributed by atoms with Crippen LogP contribution in [0.5, 0.6) is 0 Å². The van der Waals surface area contributed by atoms with Gasteiger partial charge in [0.15, 0.2) is 0 Å². The normalized spacial score (nSPS) is 11.1. The zero-order chi connectivity index (χ0) is 13.1. The van der Waals surface area contributed by atoms with Crippen LogP contribution in [0.25, 0.3) is 10.9 Å². The number of aromatic amines is 1. The van der Waals surface area contributed by atoms with Crippen LogP contribution < -0.4 is 5.48 Å². The highest BCUT2D eigenvalue weighted by molar-refractivity contribution is 6.07. The highest BCUT2D eigenvalue weighted by atomic mass is 16.6. The Morgan fingerprint density at radius 2 is 2.11 bits per heavy atom. The predicted molar refractivity (Wildman–Crippen MR) is 71.3 cm³/mol. The number of benzene rings is 1. The van der Waals surface area contributed by atoms with Gasteiger partial charge in [0.05, 0.1) is 12.2 Å². The van der Waals surface area contributed by atoms with Crippen molar-refractivity contribution < 1.29 is 9.63 Å². The third-order valence-electron chi connectivity index (χ3n) is 2.70. The lowest BCUT2D eigenvalue weighted by Crippen LogP contribution is -2.26. The van der Waals surface area contributed by atoms with Gasteiger partial charge < -0.3 is 4.98 Å². The molecule has 0 spiro atoms. The van der Waals surface area contributed by atoms with Crippen LogP contribution in [0.3, 0.4) is 0 Å². The fraction of sp³-hybridized carbons (Fsp3) is 0.357.